The fraction of sp³-hybridized carbons (Fsp3) is 0.333. The molecule has 2 aromatic heterocycles. The van der Waals surface area contributed by atoms with Crippen LogP contribution in [-0.4, -0.2) is 31.9 Å². The molecule has 0 unspecified atom stereocenters. The predicted molar refractivity (Wildman–Crippen MR) is 99.6 cm³/mol. The van der Waals surface area contributed by atoms with Gasteiger partial charge in [-0.25, -0.2) is 0 Å². The van der Waals surface area contributed by atoms with Crippen LogP contribution in [0.5, 0.6) is 0 Å². The van der Waals surface area contributed by atoms with Gasteiger partial charge >= 0.3 is 0 Å². The first-order valence-corrected chi connectivity index (χ1v) is 8.88. The highest BCUT2D eigenvalue weighted by molar-refractivity contribution is 6.30. The Morgan fingerprint density at radius 3 is 2.68 bits per heavy atom. The number of anilines is 3. The number of rotatable bonds is 4. The first-order valence-electron chi connectivity index (χ1n) is 8.50. The Bertz CT molecular complexity index is 873. The molecule has 2 heterocycles. The summed E-state index contributed by atoms with van der Waals surface area (Å²) in [5.74, 6) is 1.43. The van der Waals surface area contributed by atoms with Crippen LogP contribution >= 0.6 is 11.6 Å². The molecule has 25 heavy (non-hydrogen) atoms. The largest absolute Gasteiger partial charge is 0.393 e. The van der Waals surface area contributed by atoms with Gasteiger partial charge in [0.2, 0.25) is 5.95 Å². The molecule has 0 atom stereocenters. The summed E-state index contributed by atoms with van der Waals surface area (Å²) in [5, 5.41) is 21.6. The summed E-state index contributed by atoms with van der Waals surface area (Å²) in [6, 6.07) is 13.7. The summed E-state index contributed by atoms with van der Waals surface area (Å²) in [7, 11) is 0. The smallest absolute Gasteiger partial charge is 0.247 e. The number of nitrogens with one attached hydrogen (secondary N) is 2. The highest BCUT2D eigenvalue weighted by Crippen LogP contribution is 2.23. The average Bonchev–Trinajstić information content (AvgIpc) is 3.00. The second kappa shape index (κ2) is 6.90. The van der Waals surface area contributed by atoms with Crippen LogP contribution in [0.2, 0.25) is 5.02 Å². The Morgan fingerprint density at radius 1 is 1.08 bits per heavy atom. The molecule has 0 saturated heterocycles. The Labute approximate surface area is 150 Å². The molecule has 0 aliphatic heterocycles. The van der Waals surface area contributed by atoms with Gasteiger partial charge < -0.3 is 15.7 Å². The minimum absolute atomic E-state index is 0.159. The normalized spacial score (nSPS) is 20.6. The lowest BCUT2D eigenvalue weighted by Crippen LogP contribution is -2.29. The lowest BCUT2D eigenvalue weighted by atomic mass is 9.93. The molecular formula is C18H20ClN5O. The molecule has 7 heteroatoms. The van der Waals surface area contributed by atoms with E-state index in [4.69, 9.17) is 11.6 Å². The van der Waals surface area contributed by atoms with Crippen LogP contribution in [0.25, 0.3) is 5.65 Å². The second-order valence-electron chi connectivity index (χ2n) is 6.40. The molecule has 0 spiro atoms. The van der Waals surface area contributed by atoms with Gasteiger partial charge in [-0.1, -0.05) is 23.7 Å². The fourth-order valence-corrected chi connectivity index (χ4v) is 3.38. The van der Waals surface area contributed by atoms with Gasteiger partial charge in [0.25, 0.3) is 0 Å². The van der Waals surface area contributed by atoms with E-state index in [0.717, 1.165) is 42.8 Å². The van der Waals surface area contributed by atoms with Gasteiger partial charge in [0, 0.05) is 16.8 Å². The van der Waals surface area contributed by atoms with Gasteiger partial charge in [0.05, 0.1) is 6.10 Å². The van der Waals surface area contributed by atoms with E-state index in [2.05, 4.69) is 20.7 Å². The number of hydrogen-bond donors (Lipinski definition) is 3. The maximum atomic E-state index is 9.65. The first kappa shape index (κ1) is 16.2. The topological polar surface area (TPSA) is 74.5 Å². The molecule has 130 valence electrons. The van der Waals surface area contributed by atoms with E-state index in [1.807, 2.05) is 42.5 Å². The van der Waals surface area contributed by atoms with Gasteiger partial charge in [-0.2, -0.15) is 9.50 Å². The summed E-state index contributed by atoms with van der Waals surface area (Å²) >= 11 is 6.02. The number of hydrogen-bond acceptors (Lipinski definition) is 5. The van der Waals surface area contributed by atoms with Crippen molar-refractivity contribution in [3.05, 3.63) is 47.5 Å². The van der Waals surface area contributed by atoms with Crippen LogP contribution in [0.15, 0.2) is 42.5 Å². The highest BCUT2D eigenvalue weighted by atomic mass is 35.5. The Balaban J connectivity index is 1.56. The van der Waals surface area contributed by atoms with Crippen LogP contribution in [0.4, 0.5) is 17.5 Å². The number of aromatic nitrogens is 3. The molecule has 1 fully saturated rings. The summed E-state index contributed by atoms with van der Waals surface area (Å²) in [5.41, 5.74) is 1.62. The van der Waals surface area contributed by atoms with Crippen molar-refractivity contribution >= 4 is 34.7 Å². The first-order chi connectivity index (χ1) is 12.2. The zero-order chi connectivity index (χ0) is 17.2. The minimum atomic E-state index is -0.159. The summed E-state index contributed by atoms with van der Waals surface area (Å²) in [6.45, 7) is 0. The van der Waals surface area contributed by atoms with Gasteiger partial charge in [-0.15, -0.1) is 5.10 Å². The molecule has 0 bridgehead atoms. The quantitative estimate of drug-likeness (QED) is 0.661. The third kappa shape index (κ3) is 3.70. The van der Waals surface area contributed by atoms with Crippen LogP contribution < -0.4 is 10.6 Å². The number of aliphatic hydroxyl groups is 1. The van der Waals surface area contributed by atoms with Crippen molar-refractivity contribution in [2.45, 2.75) is 37.8 Å². The fourth-order valence-electron chi connectivity index (χ4n) is 3.19. The zero-order valence-corrected chi connectivity index (χ0v) is 14.4. The monoisotopic (exact) mass is 357 g/mol. The lowest BCUT2D eigenvalue weighted by molar-refractivity contribution is 0.126. The number of nitrogens with zero attached hydrogens (tertiary/aromatic N) is 3. The van der Waals surface area contributed by atoms with Crippen LogP contribution in [0.3, 0.4) is 0 Å². The number of fused-ring (bicyclic) bond motifs is 1. The van der Waals surface area contributed by atoms with Gasteiger partial charge in [-0.3, -0.25) is 0 Å². The van der Waals surface area contributed by atoms with Crippen molar-refractivity contribution in [1.29, 1.82) is 0 Å². The molecule has 3 aromatic rings. The zero-order valence-electron chi connectivity index (χ0n) is 13.7. The molecule has 1 saturated carbocycles. The highest BCUT2D eigenvalue weighted by Gasteiger charge is 2.20. The third-order valence-electron chi connectivity index (χ3n) is 4.49. The Hall–Kier alpha value is -2.31. The molecule has 1 aliphatic rings. The molecule has 0 amide bonds. The predicted octanol–water partition coefficient (Wildman–Crippen LogP) is 3.84. The van der Waals surface area contributed by atoms with Crippen molar-refractivity contribution in [2.75, 3.05) is 10.6 Å². The minimum Gasteiger partial charge on any atom is -0.393 e. The average molecular weight is 358 g/mol. The maximum absolute atomic E-state index is 9.65. The number of aliphatic hydroxyl groups excluding tert-OH is 1. The molecule has 1 aliphatic carbocycles. The van der Waals surface area contributed by atoms with Crippen LogP contribution in [0.1, 0.15) is 25.7 Å². The summed E-state index contributed by atoms with van der Waals surface area (Å²) in [6.07, 6.45) is 3.44. The maximum Gasteiger partial charge on any atom is 0.247 e. The van der Waals surface area contributed by atoms with Crippen molar-refractivity contribution in [3.8, 4) is 0 Å². The van der Waals surface area contributed by atoms with Gasteiger partial charge in [-0.05, 0) is 56.0 Å². The molecule has 0 radical (unpaired) electrons. The van der Waals surface area contributed by atoms with E-state index >= 15 is 0 Å². The van der Waals surface area contributed by atoms with E-state index in [1.54, 1.807) is 4.52 Å². The van der Waals surface area contributed by atoms with Gasteiger partial charge in [0.15, 0.2) is 5.65 Å². The summed E-state index contributed by atoms with van der Waals surface area (Å²) in [4.78, 5) is 4.52. The van der Waals surface area contributed by atoms with E-state index in [9.17, 15) is 5.11 Å². The number of pyridine rings is 1. The molecular weight excluding hydrogens is 338 g/mol. The van der Waals surface area contributed by atoms with E-state index in [0.29, 0.717) is 17.0 Å². The van der Waals surface area contributed by atoms with Crippen LogP contribution in [0, 0.1) is 0 Å². The Morgan fingerprint density at radius 2 is 1.88 bits per heavy atom. The standard InChI is InChI=1S/C18H20ClN5O/c19-12-3-1-4-14(11-12)21-18-22-17-6-2-5-16(24(17)23-18)20-13-7-9-15(25)10-8-13/h1-6,11,13,15,20,25H,7-10H2,(H,21,23)/t13-,15+. The van der Waals surface area contributed by atoms with E-state index in [1.165, 1.54) is 0 Å². The molecule has 4 rings (SSSR count). The SMILES string of the molecule is O[C@H]1CC[C@@H](Nc2cccc3nc(Nc4cccc(Cl)c4)nn23)CC1. The second-order valence-corrected chi connectivity index (χ2v) is 6.84. The van der Waals surface area contributed by atoms with Crippen molar-refractivity contribution in [2.24, 2.45) is 0 Å². The third-order valence-corrected chi connectivity index (χ3v) is 4.72. The lowest BCUT2D eigenvalue weighted by Gasteiger charge is -2.26. The Kier molecular flexibility index (Phi) is 4.46. The molecule has 1 aromatic carbocycles. The number of benzene rings is 1. The molecule has 6 nitrogen and oxygen atoms in total. The summed E-state index contributed by atoms with van der Waals surface area (Å²) < 4.78 is 1.80. The van der Waals surface area contributed by atoms with E-state index in [-0.39, 0.29) is 6.10 Å². The van der Waals surface area contributed by atoms with Crippen molar-refractivity contribution < 1.29 is 5.11 Å². The molecule has 3 N–H and O–H groups in total. The number of halogens is 1. The van der Waals surface area contributed by atoms with Gasteiger partial charge in [0.1, 0.15) is 5.82 Å². The van der Waals surface area contributed by atoms with Crippen molar-refractivity contribution in [1.82, 2.24) is 14.6 Å². The van der Waals surface area contributed by atoms with Crippen molar-refractivity contribution in [3.63, 3.8) is 0 Å². The van der Waals surface area contributed by atoms with E-state index < -0.39 is 0 Å². The van der Waals surface area contributed by atoms with Crippen LogP contribution in [-0.2, 0) is 0 Å².